The minimum atomic E-state index is -0.944. The second-order valence-electron chi connectivity index (χ2n) is 4.04. The maximum absolute atomic E-state index is 12.0. The molecule has 0 fully saturated rings. The van der Waals surface area contributed by atoms with E-state index in [9.17, 15) is 19.7 Å². The van der Waals surface area contributed by atoms with E-state index in [0.29, 0.717) is 6.42 Å². The van der Waals surface area contributed by atoms with Gasteiger partial charge in [0, 0.05) is 6.54 Å². The van der Waals surface area contributed by atoms with Gasteiger partial charge in [-0.3, -0.25) is 24.0 Å². The number of aryl methyl sites for hydroxylation is 1. The Morgan fingerprint density at radius 1 is 1.35 bits per heavy atom. The second kappa shape index (κ2) is 7.56. The highest BCUT2D eigenvalue weighted by atomic mass is 16.6. The third kappa shape index (κ3) is 3.75. The molecule has 9 nitrogen and oxygen atoms in total. The molecule has 0 spiro atoms. The number of hydrogen-bond acceptors (Lipinski definition) is 6. The smallest absolute Gasteiger partial charge is 0.350 e. The molecule has 0 unspecified atom stereocenters. The monoisotopic (exact) mass is 287 g/mol. The standard InChI is InChI=1S/C11H17N3O6/c1-2-3-12-8-9(14(18)19)10(16)13(11(12)17)4-6-20-7-5-15/h8,15H,2-7H2,1H3. The summed E-state index contributed by atoms with van der Waals surface area (Å²) in [6, 6.07) is 0. The Morgan fingerprint density at radius 2 is 2.05 bits per heavy atom. The van der Waals surface area contributed by atoms with Crippen molar-refractivity contribution >= 4 is 5.69 Å². The predicted octanol–water partition coefficient (Wildman–Crippen LogP) is -0.663. The van der Waals surface area contributed by atoms with Gasteiger partial charge < -0.3 is 9.84 Å². The van der Waals surface area contributed by atoms with Crippen LogP contribution in [0.15, 0.2) is 15.8 Å². The summed E-state index contributed by atoms with van der Waals surface area (Å²) in [5.41, 5.74) is -2.18. The number of nitro groups is 1. The molecule has 0 aliphatic rings. The molecule has 20 heavy (non-hydrogen) atoms. The molecule has 0 radical (unpaired) electrons. The van der Waals surface area contributed by atoms with Crippen molar-refractivity contribution in [2.75, 3.05) is 19.8 Å². The zero-order chi connectivity index (χ0) is 15.1. The van der Waals surface area contributed by atoms with E-state index in [0.717, 1.165) is 15.3 Å². The fraction of sp³-hybridized carbons (Fsp3) is 0.636. The Hall–Kier alpha value is -2.00. The first-order valence-electron chi connectivity index (χ1n) is 6.20. The number of rotatable bonds is 8. The summed E-state index contributed by atoms with van der Waals surface area (Å²) in [4.78, 5) is 33.9. The van der Waals surface area contributed by atoms with Gasteiger partial charge in [-0.2, -0.15) is 0 Å². The Kier molecular flexibility index (Phi) is 6.07. The molecular weight excluding hydrogens is 270 g/mol. The van der Waals surface area contributed by atoms with Gasteiger partial charge in [0.15, 0.2) is 0 Å². The Morgan fingerprint density at radius 3 is 2.60 bits per heavy atom. The van der Waals surface area contributed by atoms with Gasteiger partial charge in [-0.15, -0.1) is 0 Å². The molecule has 1 aromatic rings. The average molecular weight is 287 g/mol. The lowest BCUT2D eigenvalue weighted by atomic mass is 10.4. The minimum Gasteiger partial charge on any atom is -0.394 e. The lowest BCUT2D eigenvalue weighted by Gasteiger charge is -2.09. The number of aromatic nitrogens is 2. The van der Waals surface area contributed by atoms with Crippen LogP contribution in [0.2, 0.25) is 0 Å². The fourth-order valence-corrected chi connectivity index (χ4v) is 1.68. The van der Waals surface area contributed by atoms with Gasteiger partial charge in [-0.1, -0.05) is 6.92 Å². The number of hydrogen-bond donors (Lipinski definition) is 1. The topological polar surface area (TPSA) is 117 Å². The molecule has 1 heterocycles. The summed E-state index contributed by atoms with van der Waals surface area (Å²) in [7, 11) is 0. The van der Waals surface area contributed by atoms with Crippen LogP contribution in [0.1, 0.15) is 13.3 Å². The van der Waals surface area contributed by atoms with Gasteiger partial charge in [0.2, 0.25) is 0 Å². The molecule has 0 aliphatic carbocycles. The number of aliphatic hydroxyl groups is 1. The van der Waals surface area contributed by atoms with Gasteiger partial charge in [-0.25, -0.2) is 4.79 Å². The zero-order valence-corrected chi connectivity index (χ0v) is 11.2. The van der Waals surface area contributed by atoms with Crippen molar-refractivity contribution in [1.29, 1.82) is 0 Å². The van der Waals surface area contributed by atoms with Crippen LogP contribution in [-0.4, -0.2) is 39.0 Å². The molecule has 0 aliphatic heterocycles. The van der Waals surface area contributed by atoms with E-state index >= 15 is 0 Å². The zero-order valence-electron chi connectivity index (χ0n) is 11.2. The number of ether oxygens (including phenoxy) is 1. The second-order valence-corrected chi connectivity index (χ2v) is 4.04. The summed E-state index contributed by atoms with van der Waals surface area (Å²) in [5, 5.41) is 19.4. The summed E-state index contributed by atoms with van der Waals surface area (Å²) < 4.78 is 6.90. The van der Waals surface area contributed by atoms with E-state index in [-0.39, 0.29) is 32.9 Å². The molecule has 0 bridgehead atoms. The lowest BCUT2D eigenvalue weighted by Crippen LogP contribution is -2.41. The van der Waals surface area contributed by atoms with Crippen LogP contribution in [0, 0.1) is 10.1 Å². The van der Waals surface area contributed by atoms with Crippen molar-refractivity contribution in [1.82, 2.24) is 9.13 Å². The highest BCUT2D eigenvalue weighted by Gasteiger charge is 2.19. The van der Waals surface area contributed by atoms with Crippen LogP contribution in [-0.2, 0) is 17.8 Å². The molecule has 112 valence electrons. The molecule has 0 atom stereocenters. The van der Waals surface area contributed by atoms with E-state index in [1.165, 1.54) is 0 Å². The maximum atomic E-state index is 12.0. The molecular formula is C11H17N3O6. The van der Waals surface area contributed by atoms with Gasteiger partial charge in [0.05, 0.1) is 37.5 Å². The van der Waals surface area contributed by atoms with Crippen molar-refractivity contribution in [3.8, 4) is 0 Å². The molecule has 0 saturated heterocycles. The fourth-order valence-electron chi connectivity index (χ4n) is 1.68. The Bertz CT molecular complexity index is 577. The van der Waals surface area contributed by atoms with E-state index in [1.807, 2.05) is 6.92 Å². The maximum Gasteiger partial charge on any atom is 0.350 e. The normalized spacial score (nSPS) is 10.7. The molecule has 1 N–H and O–H groups in total. The Labute approximate surface area is 114 Å². The van der Waals surface area contributed by atoms with Crippen LogP contribution in [0.5, 0.6) is 0 Å². The molecule has 9 heteroatoms. The van der Waals surface area contributed by atoms with Crippen LogP contribution in [0.25, 0.3) is 0 Å². The highest BCUT2D eigenvalue weighted by molar-refractivity contribution is 5.21. The summed E-state index contributed by atoms with van der Waals surface area (Å²) in [6.07, 6.45) is 1.58. The van der Waals surface area contributed by atoms with Gasteiger partial charge in [0.25, 0.3) is 0 Å². The average Bonchev–Trinajstić information content (AvgIpc) is 2.40. The van der Waals surface area contributed by atoms with Crippen molar-refractivity contribution in [3.63, 3.8) is 0 Å². The van der Waals surface area contributed by atoms with Gasteiger partial charge >= 0.3 is 16.9 Å². The highest BCUT2D eigenvalue weighted by Crippen LogP contribution is 2.01. The summed E-state index contributed by atoms with van der Waals surface area (Å²) in [5.74, 6) is 0. The van der Waals surface area contributed by atoms with E-state index in [4.69, 9.17) is 9.84 Å². The van der Waals surface area contributed by atoms with E-state index in [1.54, 1.807) is 0 Å². The molecule has 0 saturated carbocycles. The Balaban J connectivity index is 3.15. The largest absolute Gasteiger partial charge is 0.394 e. The quantitative estimate of drug-likeness (QED) is 0.385. The van der Waals surface area contributed by atoms with Crippen molar-refractivity contribution in [3.05, 3.63) is 37.1 Å². The first-order valence-corrected chi connectivity index (χ1v) is 6.20. The van der Waals surface area contributed by atoms with Gasteiger partial charge in [0.1, 0.15) is 0 Å². The first kappa shape index (κ1) is 16.1. The van der Waals surface area contributed by atoms with Crippen LogP contribution in [0.3, 0.4) is 0 Å². The molecule has 1 aromatic heterocycles. The molecule has 0 amide bonds. The third-order valence-corrected chi connectivity index (χ3v) is 2.58. The summed E-state index contributed by atoms with van der Waals surface area (Å²) >= 11 is 0. The number of aliphatic hydroxyl groups excluding tert-OH is 1. The molecule has 0 aromatic carbocycles. The van der Waals surface area contributed by atoms with E-state index in [2.05, 4.69) is 0 Å². The van der Waals surface area contributed by atoms with Crippen molar-refractivity contribution < 1.29 is 14.8 Å². The summed E-state index contributed by atoms with van der Waals surface area (Å²) in [6.45, 7) is 1.93. The van der Waals surface area contributed by atoms with Crippen LogP contribution < -0.4 is 11.2 Å². The predicted molar refractivity (Wildman–Crippen MR) is 69.8 cm³/mol. The van der Waals surface area contributed by atoms with Crippen LogP contribution in [0.4, 0.5) is 5.69 Å². The van der Waals surface area contributed by atoms with Crippen molar-refractivity contribution in [2.24, 2.45) is 0 Å². The lowest BCUT2D eigenvalue weighted by molar-refractivity contribution is -0.387. The van der Waals surface area contributed by atoms with E-state index < -0.39 is 21.9 Å². The minimum absolute atomic E-state index is 0.0169. The SMILES string of the molecule is CCCn1cc([N+](=O)[O-])c(=O)n(CCOCCO)c1=O. The first-order chi connectivity index (χ1) is 9.52. The molecule has 1 rings (SSSR count). The third-order valence-electron chi connectivity index (χ3n) is 2.58. The number of nitrogens with zero attached hydrogens (tertiary/aromatic N) is 3. The van der Waals surface area contributed by atoms with Gasteiger partial charge in [-0.05, 0) is 6.42 Å². The van der Waals surface area contributed by atoms with Crippen LogP contribution >= 0.6 is 0 Å². The van der Waals surface area contributed by atoms with Crippen molar-refractivity contribution in [2.45, 2.75) is 26.4 Å².